The molecular formula is C23H25N3OS. The fourth-order valence-electron chi connectivity index (χ4n) is 2.86. The number of allylic oxidation sites excluding steroid dienone is 1. The van der Waals surface area contributed by atoms with E-state index in [1.54, 1.807) is 18.4 Å². The molecular weight excluding hydrogens is 366 g/mol. The summed E-state index contributed by atoms with van der Waals surface area (Å²) in [5.74, 6) is 2.52. The largest absolute Gasteiger partial charge is 0.496 e. The van der Waals surface area contributed by atoms with Gasteiger partial charge in [0, 0.05) is 11.7 Å². The van der Waals surface area contributed by atoms with Crippen molar-refractivity contribution in [2.75, 3.05) is 7.11 Å². The number of aryl methyl sites for hydroxylation is 1. The van der Waals surface area contributed by atoms with Crippen LogP contribution in [0.4, 0.5) is 0 Å². The zero-order chi connectivity index (χ0) is 20.1. The van der Waals surface area contributed by atoms with Gasteiger partial charge in [0.15, 0.2) is 5.82 Å². The molecule has 0 radical (unpaired) electrons. The second-order valence-corrected chi connectivity index (χ2v) is 7.41. The molecule has 0 N–H and O–H groups in total. The van der Waals surface area contributed by atoms with Gasteiger partial charge in [0.25, 0.3) is 0 Å². The Morgan fingerprint density at radius 3 is 2.61 bits per heavy atom. The highest BCUT2D eigenvalue weighted by Crippen LogP contribution is 2.28. The number of hydrogen-bond acceptors (Lipinski definition) is 4. The first kappa shape index (κ1) is 19.8. The van der Waals surface area contributed by atoms with Crippen LogP contribution in [-0.4, -0.2) is 21.9 Å². The van der Waals surface area contributed by atoms with Gasteiger partial charge < -0.3 is 9.30 Å². The molecule has 4 rings (SSSR count). The number of rotatable bonds is 4. The summed E-state index contributed by atoms with van der Waals surface area (Å²) in [5.41, 5.74) is 3.45. The summed E-state index contributed by atoms with van der Waals surface area (Å²) >= 11 is 1.79. The van der Waals surface area contributed by atoms with Gasteiger partial charge >= 0.3 is 0 Å². The lowest BCUT2D eigenvalue weighted by molar-refractivity contribution is 0.416. The molecule has 2 aromatic carbocycles. The molecule has 0 saturated heterocycles. The fraction of sp³-hybridized carbons (Fsp3) is 0.217. The van der Waals surface area contributed by atoms with E-state index in [0.29, 0.717) is 0 Å². The third kappa shape index (κ3) is 4.15. The van der Waals surface area contributed by atoms with Crippen LogP contribution in [0.2, 0.25) is 0 Å². The summed E-state index contributed by atoms with van der Waals surface area (Å²) in [6.07, 6.45) is 1.02. The number of aromatic nitrogens is 3. The molecule has 0 atom stereocenters. The Hall–Kier alpha value is -2.92. The highest BCUT2D eigenvalue weighted by Gasteiger charge is 2.11. The number of nitrogens with zero attached hydrogens (tertiary/aromatic N) is 3. The van der Waals surface area contributed by atoms with Crippen LogP contribution >= 0.6 is 11.3 Å². The third-order valence-electron chi connectivity index (χ3n) is 4.73. The standard InChI is InChI=1S/C12H12S.C11H13N3O/c1-3-9(2)10-4-5-12-11(8-10)6-7-13-12;1-8-12-13-11(14(8)2)9-6-4-5-7-10(9)15-3/h4-8H,2-3H2,1H3;4-7H,1-3H3. The molecule has 28 heavy (non-hydrogen) atoms. The third-order valence-corrected chi connectivity index (χ3v) is 5.63. The Morgan fingerprint density at radius 2 is 1.93 bits per heavy atom. The molecule has 4 nitrogen and oxygen atoms in total. The molecule has 2 aromatic heterocycles. The second kappa shape index (κ2) is 8.85. The Kier molecular flexibility index (Phi) is 6.26. The molecule has 4 aromatic rings. The predicted octanol–water partition coefficient (Wildman–Crippen LogP) is 6.12. The molecule has 2 heterocycles. The molecule has 0 fully saturated rings. The number of para-hydroxylation sites is 1. The van der Waals surface area contributed by atoms with Crippen molar-refractivity contribution in [2.45, 2.75) is 20.3 Å². The van der Waals surface area contributed by atoms with Gasteiger partial charge in [-0.3, -0.25) is 0 Å². The topological polar surface area (TPSA) is 39.9 Å². The van der Waals surface area contributed by atoms with Crippen molar-refractivity contribution in [1.29, 1.82) is 0 Å². The average Bonchev–Trinajstić information content (AvgIpc) is 3.34. The van der Waals surface area contributed by atoms with E-state index in [1.807, 2.05) is 42.8 Å². The molecule has 0 aliphatic rings. The lowest BCUT2D eigenvalue weighted by Crippen LogP contribution is -1.96. The minimum absolute atomic E-state index is 0.813. The van der Waals surface area contributed by atoms with Crippen LogP contribution in [0.15, 0.2) is 60.5 Å². The molecule has 5 heteroatoms. The van der Waals surface area contributed by atoms with Gasteiger partial charge in [0.2, 0.25) is 0 Å². The Labute approximate surface area is 170 Å². The SMILES string of the molecule is C=C(CC)c1ccc2sccc2c1.COc1ccccc1-c1nnc(C)n1C. The molecule has 144 valence electrons. The summed E-state index contributed by atoms with van der Waals surface area (Å²) in [4.78, 5) is 0. The Bertz CT molecular complexity index is 1090. The average molecular weight is 392 g/mol. The number of ether oxygens (including phenoxy) is 1. The number of fused-ring (bicyclic) bond motifs is 1. The lowest BCUT2D eigenvalue weighted by atomic mass is 10.0. The number of benzene rings is 2. The highest BCUT2D eigenvalue weighted by molar-refractivity contribution is 7.17. The van der Waals surface area contributed by atoms with Crippen LogP contribution in [0.25, 0.3) is 27.0 Å². The van der Waals surface area contributed by atoms with Crippen molar-refractivity contribution >= 4 is 27.0 Å². The molecule has 0 saturated carbocycles. The van der Waals surface area contributed by atoms with Gasteiger partial charge in [0.05, 0.1) is 12.7 Å². The maximum atomic E-state index is 5.28. The van der Waals surface area contributed by atoms with Gasteiger partial charge in [0.1, 0.15) is 11.6 Å². The van der Waals surface area contributed by atoms with Crippen LogP contribution in [0, 0.1) is 6.92 Å². The van der Waals surface area contributed by atoms with Gasteiger partial charge in [-0.2, -0.15) is 0 Å². The van der Waals surface area contributed by atoms with Crippen molar-refractivity contribution in [1.82, 2.24) is 14.8 Å². The van der Waals surface area contributed by atoms with E-state index in [1.165, 1.54) is 21.2 Å². The summed E-state index contributed by atoms with van der Waals surface area (Å²) in [6.45, 7) is 8.10. The maximum absolute atomic E-state index is 5.28. The zero-order valence-corrected chi connectivity index (χ0v) is 17.6. The van der Waals surface area contributed by atoms with Crippen LogP contribution in [-0.2, 0) is 7.05 Å². The van der Waals surface area contributed by atoms with E-state index in [2.05, 4.69) is 53.3 Å². The quantitative estimate of drug-likeness (QED) is 0.420. The normalized spacial score (nSPS) is 10.4. The Morgan fingerprint density at radius 1 is 1.14 bits per heavy atom. The first-order valence-electron chi connectivity index (χ1n) is 9.20. The van der Waals surface area contributed by atoms with E-state index >= 15 is 0 Å². The monoisotopic (exact) mass is 391 g/mol. The fourth-order valence-corrected chi connectivity index (χ4v) is 3.63. The maximum Gasteiger partial charge on any atom is 0.167 e. The molecule has 0 amide bonds. The van der Waals surface area contributed by atoms with Crippen molar-refractivity contribution < 1.29 is 4.74 Å². The minimum Gasteiger partial charge on any atom is -0.496 e. The van der Waals surface area contributed by atoms with Gasteiger partial charge in [-0.05, 0) is 65.6 Å². The highest BCUT2D eigenvalue weighted by atomic mass is 32.1. The lowest BCUT2D eigenvalue weighted by Gasteiger charge is -2.07. The van der Waals surface area contributed by atoms with Gasteiger partial charge in [-0.15, -0.1) is 21.5 Å². The summed E-state index contributed by atoms with van der Waals surface area (Å²) in [5, 5.41) is 11.6. The zero-order valence-electron chi connectivity index (χ0n) is 16.8. The van der Waals surface area contributed by atoms with Crippen LogP contribution in [0.1, 0.15) is 24.7 Å². The number of hydrogen-bond donors (Lipinski definition) is 0. The van der Waals surface area contributed by atoms with E-state index in [-0.39, 0.29) is 0 Å². The van der Waals surface area contributed by atoms with E-state index in [9.17, 15) is 0 Å². The summed E-state index contributed by atoms with van der Waals surface area (Å²) in [6, 6.07) is 16.5. The van der Waals surface area contributed by atoms with E-state index in [0.717, 1.165) is 29.4 Å². The summed E-state index contributed by atoms with van der Waals surface area (Å²) in [7, 11) is 3.60. The van der Waals surface area contributed by atoms with Crippen molar-refractivity contribution in [2.24, 2.45) is 7.05 Å². The number of methoxy groups -OCH3 is 1. The Balaban J connectivity index is 0.000000162. The van der Waals surface area contributed by atoms with Crippen molar-refractivity contribution in [3.8, 4) is 17.1 Å². The van der Waals surface area contributed by atoms with E-state index < -0.39 is 0 Å². The van der Waals surface area contributed by atoms with Crippen LogP contribution < -0.4 is 4.74 Å². The molecule has 0 aliphatic carbocycles. The van der Waals surface area contributed by atoms with E-state index in [4.69, 9.17) is 4.74 Å². The second-order valence-electron chi connectivity index (χ2n) is 6.46. The van der Waals surface area contributed by atoms with Crippen molar-refractivity contribution in [3.05, 3.63) is 71.9 Å². The van der Waals surface area contributed by atoms with Crippen LogP contribution in [0.5, 0.6) is 5.75 Å². The smallest absolute Gasteiger partial charge is 0.167 e. The first-order valence-corrected chi connectivity index (χ1v) is 10.1. The molecule has 0 spiro atoms. The first-order chi connectivity index (χ1) is 13.5. The predicted molar refractivity (Wildman–Crippen MR) is 119 cm³/mol. The number of thiophene rings is 1. The van der Waals surface area contributed by atoms with Crippen LogP contribution in [0.3, 0.4) is 0 Å². The summed E-state index contributed by atoms with van der Waals surface area (Å²) < 4.78 is 8.58. The van der Waals surface area contributed by atoms with Crippen molar-refractivity contribution in [3.63, 3.8) is 0 Å². The molecule has 0 aliphatic heterocycles. The van der Waals surface area contributed by atoms with Gasteiger partial charge in [-0.1, -0.05) is 31.7 Å². The molecule has 0 bridgehead atoms. The molecule has 0 unspecified atom stereocenters. The van der Waals surface area contributed by atoms with Gasteiger partial charge in [-0.25, -0.2) is 0 Å². The minimum atomic E-state index is 0.813.